The number of rotatable bonds is 2. The van der Waals surface area contributed by atoms with Crippen LogP contribution >= 0.6 is 11.8 Å². The van der Waals surface area contributed by atoms with E-state index in [0.29, 0.717) is 12.0 Å². The van der Waals surface area contributed by atoms with E-state index in [1.807, 2.05) is 12.1 Å². The molecule has 2 aliphatic rings. The van der Waals surface area contributed by atoms with Gasteiger partial charge in [-0.2, -0.15) is 11.8 Å². The molecule has 2 N–H and O–H groups in total. The molecule has 3 nitrogen and oxygen atoms in total. The van der Waals surface area contributed by atoms with Crippen molar-refractivity contribution in [3.05, 3.63) is 24.0 Å². The van der Waals surface area contributed by atoms with Crippen molar-refractivity contribution in [3.63, 3.8) is 0 Å². The second-order valence-electron chi connectivity index (χ2n) is 5.73. The molecule has 1 saturated heterocycles. The highest BCUT2D eigenvalue weighted by Crippen LogP contribution is 2.43. The van der Waals surface area contributed by atoms with Crippen LogP contribution in [0.15, 0.2) is 18.2 Å². The number of hydrogen-bond donors (Lipinski definition) is 1. The highest BCUT2D eigenvalue weighted by molar-refractivity contribution is 7.99. The Hall–Kier alpha value is -1.16. The van der Waals surface area contributed by atoms with Gasteiger partial charge in [-0.3, -0.25) is 0 Å². The first kappa shape index (κ1) is 11.6. The third-order valence-corrected chi connectivity index (χ3v) is 5.38. The van der Waals surface area contributed by atoms with E-state index in [2.05, 4.69) is 22.4 Å². The topological polar surface area (TPSA) is 43.8 Å². The van der Waals surface area contributed by atoms with E-state index < -0.39 is 0 Å². The Morgan fingerprint density at radius 1 is 1.26 bits per heavy atom. The SMILES string of the molecule is Nc1ccc2c(c1)nc(C1CC1)n2C1CCCSC1. The molecule has 0 radical (unpaired) electrons. The van der Waals surface area contributed by atoms with E-state index in [1.54, 1.807) is 0 Å². The van der Waals surface area contributed by atoms with Gasteiger partial charge in [0.2, 0.25) is 0 Å². The summed E-state index contributed by atoms with van der Waals surface area (Å²) in [5.41, 5.74) is 9.08. The first-order valence-electron chi connectivity index (χ1n) is 7.18. The van der Waals surface area contributed by atoms with E-state index in [9.17, 15) is 0 Å². The Bertz CT molecular complexity index is 609. The van der Waals surface area contributed by atoms with E-state index in [4.69, 9.17) is 10.7 Å². The van der Waals surface area contributed by atoms with Gasteiger partial charge in [0.25, 0.3) is 0 Å². The Kier molecular flexibility index (Phi) is 2.72. The monoisotopic (exact) mass is 273 g/mol. The van der Waals surface area contributed by atoms with Crippen molar-refractivity contribution in [2.75, 3.05) is 17.2 Å². The fraction of sp³-hybridized carbons (Fsp3) is 0.533. The van der Waals surface area contributed by atoms with Crippen LogP contribution in [-0.2, 0) is 0 Å². The lowest BCUT2D eigenvalue weighted by molar-refractivity contribution is 0.494. The zero-order valence-electron chi connectivity index (χ0n) is 11.0. The van der Waals surface area contributed by atoms with Gasteiger partial charge in [0.15, 0.2) is 0 Å². The second-order valence-corrected chi connectivity index (χ2v) is 6.88. The molecule has 0 bridgehead atoms. The number of thioether (sulfide) groups is 1. The third kappa shape index (κ3) is 2.02. The molecule has 2 heterocycles. The van der Waals surface area contributed by atoms with Crippen LogP contribution in [0.4, 0.5) is 5.69 Å². The molecule has 2 aromatic rings. The number of benzene rings is 1. The smallest absolute Gasteiger partial charge is 0.113 e. The van der Waals surface area contributed by atoms with E-state index in [-0.39, 0.29) is 0 Å². The average molecular weight is 273 g/mol. The van der Waals surface area contributed by atoms with Crippen molar-refractivity contribution in [2.24, 2.45) is 0 Å². The molecule has 19 heavy (non-hydrogen) atoms. The molecule has 1 saturated carbocycles. The lowest BCUT2D eigenvalue weighted by atomic mass is 10.1. The van der Waals surface area contributed by atoms with Crippen LogP contribution in [-0.4, -0.2) is 21.1 Å². The highest BCUT2D eigenvalue weighted by Gasteiger charge is 2.32. The lowest BCUT2D eigenvalue weighted by Crippen LogP contribution is -2.18. The van der Waals surface area contributed by atoms with Crippen molar-refractivity contribution >= 4 is 28.5 Å². The number of hydrogen-bond acceptors (Lipinski definition) is 3. The third-order valence-electron chi connectivity index (χ3n) is 4.18. The predicted octanol–water partition coefficient (Wildman–Crippen LogP) is 3.56. The maximum Gasteiger partial charge on any atom is 0.113 e. The van der Waals surface area contributed by atoms with Gasteiger partial charge in [-0.1, -0.05) is 0 Å². The molecule has 0 spiro atoms. The summed E-state index contributed by atoms with van der Waals surface area (Å²) in [4.78, 5) is 4.88. The molecule has 0 amide bonds. The fourth-order valence-corrected chi connectivity index (χ4v) is 4.20. The van der Waals surface area contributed by atoms with Gasteiger partial charge >= 0.3 is 0 Å². The minimum atomic E-state index is 0.628. The Morgan fingerprint density at radius 3 is 2.89 bits per heavy atom. The lowest BCUT2D eigenvalue weighted by Gasteiger charge is -2.25. The standard InChI is InChI=1S/C15H19N3S/c16-11-5-6-14-13(8-11)17-15(10-3-4-10)18(14)12-2-1-7-19-9-12/h5-6,8,10,12H,1-4,7,9,16H2. The molecule has 2 fully saturated rings. The van der Waals surface area contributed by atoms with Crippen LogP contribution in [0.2, 0.25) is 0 Å². The van der Waals surface area contributed by atoms with Crippen LogP contribution in [0.25, 0.3) is 11.0 Å². The van der Waals surface area contributed by atoms with Gasteiger partial charge in [0.1, 0.15) is 5.82 Å². The first-order chi connectivity index (χ1) is 9.33. The summed E-state index contributed by atoms with van der Waals surface area (Å²) in [6.45, 7) is 0. The average Bonchev–Trinajstić information content (AvgIpc) is 3.21. The minimum Gasteiger partial charge on any atom is -0.399 e. The van der Waals surface area contributed by atoms with Crippen molar-refractivity contribution in [3.8, 4) is 0 Å². The molecule has 4 heteroatoms. The maximum absolute atomic E-state index is 5.90. The summed E-state index contributed by atoms with van der Waals surface area (Å²) in [6.07, 6.45) is 5.23. The molecule has 1 aromatic heterocycles. The Labute approximate surface area is 117 Å². The van der Waals surface area contributed by atoms with Crippen LogP contribution in [0.3, 0.4) is 0 Å². The number of fused-ring (bicyclic) bond motifs is 1. The summed E-state index contributed by atoms with van der Waals surface area (Å²) in [5, 5.41) is 0. The van der Waals surface area contributed by atoms with E-state index >= 15 is 0 Å². The number of aromatic nitrogens is 2. The molecule has 1 aliphatic carbocycles. The van der Waals surface area contributed by atoms with Gasteiger partial charge < -0.3 is 10.3 Å². The second kappa shape index (κ2) is 4.44. The predicted molar refractivity (Wildman–Crippen MR) is 81.7 cm³/mol. The van der Waals surface area contributed by atoms with Gasteiger partial charge in [0, 0.05) is 23.4 Å². The van der Waals surface area contributed by atoms with Crippen LogP contribution in [0, 0.1) is 0 Å². The number of imidazole rings is 1. The fourth-order valence-electron chi connectivity index (χ4n) is 3.08. The van der Waals surface area contributed by atoms with E-state index in [1.165, 1.54) is 48.5 Å². The number of nitrogens with two attached hydrogens (primary N) is 1. The van der Waals surface area contributed by atoms with Crippen LogP contribution < -0.4 is 5.73 Å². The van der Waals surface area contributed by atoms with Gasteiger partial charge in [-0.25, -0.2) is 4.98 Å². The molecular weight excluding hydrogens is 254 g/mol. The van der Waals surface area contributed by atoms with Gasteiger partial charge in [-0.15, -0.1) is 0 Å². The first-order valence-corrected chi connectivity index (χ1v) is 8.33. The summed E-state index contributed by atoms with van der Waals surface area (Å²) >= 11 is 2.08. The summed E-state index contributed by atoms with van der Waals surface area (Å²) in [7, 11) is 0. The molecule has 1 aromatic carbocycles. The van der Waals surface area contributed by atoms with Crippen molar-refractivity contribution in [1.29, 1.82) is 0 Å². The molecule has 1 unspecified atom stereocenters. The highest BCUT2D eigenvalue weighted by atomic mass is 32.2. The van der Waals surface area contributed by atoms with Crippen molar-refractivity contribution in [2.45, 2.75) is 37.6 Å². The molecular formula is C15H19N3S. The zero-order valence-corrected chi connectivity index (χ0v) is 11.8. The summed E-state index contributed by atoms with van der Waals surface area (Å²) in [6, 6.07) is 6.81. The van der Waals surface area contributed by atoms with Crippen LogP contribution in [0.5, 0.6) is 0 Å². The Balaban J connectivity index is 1.87. The number of anilines is 1. The largest absolute Gasteiger partial charge is 0.399 e. The quantitative estimate of drug-likeness (QED) is 0.851. The summed E-state index contributed by atoms with van der Waals surface area (Å²) in [5.74, 6) is 4.55. The molecule has 1 atom stereocenters. The molecule has 100 valence electrons. The molecule has 1 aliphatic heterocycles. The van der Waals surface area contributed by atoms with Crippen molar-refractivity contribution in [1.82, 2.24) is 9.55 Å². The van der Waals surface area contributed by atoms with E-state index in [0.717, 1.165) is 11.2 Å². The minimum absolute atomic E-state index is 0.628. The van der Waals surface area contributed by atoms with Crippen molar-refractivity contribution < 1.29 is 0 Å². The van der Waals surface area contributed by atoms with Gasteiger partial charge in [-0.05, 0) is 49.6 Å². The number of nitrogens with zero attached hydrogens (tertiary/aromatic N) is 2. The molecule has 4 rings (SSSR count). The summed E-state index contributed by atoms with van der Waals surface area (Å²) < 4.78 is 2.53. The maximum atomic E-state index is 5.90. The van der Waals surface area contributed by atoms with Crippen LogP contribution in [0.1, 0.15) is 43.5 Å². The van der Waals surface area contributed by atoms with Gasteiger partial charge in [0.05, 0.1) is 11.0 Å². The zero-order chi connectivity index (χ0) is 12.8. The normalized spacial score (nSPS) is 23.9. The Morgan fingerprint density at radius 2 is 2.16 bits per heavy atom. The number of nitrogen functional groups attached to an aromatic ring is 1.